The van der Waals surface area contributed by atoms with Crippen LogP contribution in [-0.2, 0) is 4.79 Å². The molecule has 12 heteroatoms. The Morgan fingerprint density at radius 3 is 2.86 bits per heavy atom. The molecule has 1 aliphatic rings. The van der Waals surface area contributed by atoms with E-state index in [1.807, 2.05) is 12.3 Å². The Morgan fingerprint density at radius 2 is 2.04 bits per heavy atom. The van der Waals surface area contributed by atoms with Crippen LogP contribution in [0.4, 0.5) is 10.3 Å². The average Bonchev–Trinajstić information content (AvgIpc) is 3.40. The van der Waals surface area contributed by atoms with Crippen LogP contribution < -0.4 is 20.1 Å². The van der Waals surface area contributed by atoms with Crippen LogP contribution in [0.1, 0.15) is 16.1 Å². The number of ether oxygens (including phenoxy) is 2. The fourth-order valence-electron chi connectivity index (χ4n) is 2.22. The maximum Gasteiger partial charge on any atom is 0.257 e. The van der Waals surface area contributed by atoms with Crippen LogP contribution in [0.3, 0.4) is 0 Å². The van der Waals surface area contributed by atoms with Gasteiger partial charge in [0.15, 0.2) is 21.0 Å². The molecule has 4 rings (SSSR count). The number of aryl methyl sites for hydroxylation is 1. The predicted molar refractivity (Wildman–Crippen MR) is 107 cm³/mol. The molecule has 0 fully saturated rings. The molecule has 1 aliphatic heterocycles. The lowest BCUT2D eigenvalue weighted by Gasteiger charge is -2.02. The van der Waals surface area contributed by atoms with Gasteiger partial charge in [-0.2, -0.15) is 0 Å². The zero-order chi connectivity index (χ0) is 19.5. The fourth-order valence-corrected chi connectivity index (χ4v) is 4.47. The number of amides is 2. The van der Waals surface area contributed by atoms with Gasteiger partial charge in [-0.15, -0.1) is 21.5 Å². The van der Waals surface area contributed by atoms with E-state index in [2.05, 4.69) is 25.8 Å². The first-order valence-electron chi connectivity index (χ1n) is 7.96. The van der Waals surface area contributed by atoms with E-state index in [0.29, 0.717) is 31.7 Å². The number of thioether (sulfide) groups is 1. The minimum absolute atomic E-state index is 0.146. The third-order valence-corrected chi connectivity index (χ3v) is 6.30. The smallest absolute Gasteiger partial charge is 0.257 e. The second kappa shape index (κ2) is 8.12. The first-order valence-corrected chi connectivity index (χ1v) is 10.6. The van der Waals surface area contributed by atoms with Gasteiger partial charge in [0.2, 0.25) is 17.8 Å². The van der Waals surface area contributed by atoms with Crippen molar-refractivity contribution in [2.75, 3.05) is 23.2 Å². The van der Waals surface area contributed by atoms with Gasteiger partial charge in [-0.1, -0.05) is 23.1 Å². The summed E-state index contributed by atoms with van der Waals surface area (Å²) in [6, 6.07) is 4.93. The summed E-state index contributed by atoms with van der Waals surface area (Å²) in [7, 11) is 0. The lowest BCUT2D eigenvalue weighted by atomic mass is 10.2. The standard InChI is InChI=1S/C16H13N5O4S3/c1-8-5-26-14(17-8)18-12(22)6-27-16-21-20-15(28-16)19-13(23)9-2-3-10-11(4-9)25-7-24-10/h2-5H,6-7H2,1H3,(H,17,18,22)(H,19,20,23). The molecule has 0 saturated carbocycles. The average molecular weight is 436 g/mol. The Labute approximate surface area is 171 Å². The largest absolute Gasteiger partial charge is 0.454 e. The Morgan fingerprint density at radius 1 is 1.18 bits per heavy atom. The van der Waals surface area contributed by atoms with Crippen LogP contribution in [0, 0.1) is 6.92 Å². The Hall–Kier alpha value is -2.70. The van der Waals surface area contributed by atoms with E-state index in [0.717, 1.165) is 5.69 Å². The van der Waals surface area contributed by atoms with Crippen LogP contribution in [0.25, 0.3) is 0 Å². The zero-order valence-corrected chi connectivity index (χ0v) is 16.9. The van der Waals surface area contributed by atoms with Crippen LogP contribution in [0.5, 0.6) is 11.5 Å². The quantitative estimate of drug-likeness (QED) is 0.448. The molecule has 0 spiro atoms. The number of anilines is 2. The van der Waals surface area contributed by atoms with E-state index in [-0.39, 0.29) is 24.4 Å². The van der Waals surface area contributed by atoms with E-state index in [4.69, 9.17) is 9.47 Å². The summed E-state index contributed by atoms with van der Waals surface area (Å²) in [5.41, 5.74) is 1.28. The maximum absolute atomic E-state index is 12.3. The van der Waals surface area contributed by atoms with Crippen molar-refractivity contribution in [3.05, 3.63) is 34.8 Å². The minimum Gasteiger partial charge on any atom is -0.454 e. The minimum atomic E-state index is -0.331. The van der Waals surface area contributed by atoms with Gasteiger partial charge in [0, 0.05) is 10.9 Å². The van der Waals surface area contributed by atoms with Gasteiger partial charge < -0.3 is 14.8 Å². The van der Waals surface area contributed by atoms with Crippen LogP contribution in [-0.4, -0.2) is 39.5 Å². The van der Waals surface area contributed by atoms with Crippen molar-refractivity contribution in [3.8, 4) is 11.5 Å². The number of hydrogen-bond donors (Lipinski definition) is 2. The van der Waals surface area contributed by atoms with Gasteiger partial charge in [-0.25, -0.2) is 4.98 Å². The molecule has 3 aromatic rings. The van der Waals surface area contributed by atoms with Crippen molar-refractivity contribution in [1.29, 1.82) is 0 Å². The second-order valence-electron chi connectivity index (χ2n) is 5.53. The van der Waals surface area contributed by atoms with Crippen molar-refractivity contribution in [2.45, 2.75) is 11.3 Å². The molecule has 0 atom stereocenters. The molecule has 28 heavy (non-hydrogen) atoms. The highest BCUT2D eigenvalue weighted by atomic mass is 32.2. The lowest BCUT2D eigenvalue weighted by molar-refractivity contribution is -0.113. The maximum atomic E-state index is 12.3. The molecule has 0 aliphatic carbocycles. The highest BCUT2D eigenvalue weighted by Gasteiger charge is 2.17. The summed E-state index contributed by atoms with van der Waals surface area (Å²) >= 11 is 3.80. The van der Waals surface area contributed by atoms with Crippen LogP contribution in [0.2, 0.25) is 0 Å². The van der Waals surface area contributed by atoms with Crippen molar-refractivity contribution >= 4 is 56.5 Å². The van der Waals surface area contributed by atoms with Crippen molar-refractivity contribution in [1.82, 2.24) is 15.2 Å². The molecule has 2 aromatic heterocycles. The van der Waals surface area contributed by atoms with E-state index in [9.17, 15) is 9.59 Å². The molecule has 0 unspecified atom stereocenters. The molecule has 1 aromatic carbocycles. The van der Waals surface area contributed by atoms with Crippen LogP contribution in [0.15, 0.2) is 27.9 Å². The van der Waals surface area contributed by atoms with Crippen LogP contribution >= 0.6 is 34.4 Å². The summed E-state index contributed by atoms with van der Waals surface area (Å²) in [6.45, 7) is 2.01. The van der Waals surface area contributed by atoms with Crippen molar-refractivity contribution in [3.63, 3.8) is 0 Å². The Balaban J connectivity index is 1.30. The summed E-state index contributed by atoms with van der Waals surface area (Å²) in [4.78, 5) is 28.5. The predicted octanol–water partition coefficient (Wildman–Crippen LogP) is 3.01. The van der Waals surface area contributed by atoms with Gasteiger partial charge in [0.05, 0.1) is 11.4 Å². The molecular formula is C16H13N5O4S3. The summed E-state index contributed by atoms with van der Waals surface area (Å²) < 4.78 is 11.1. The van der Waals surface area contributed by atoms with E-state index in [1.54, 1.807) is 18.2 Å². The van der Waals surface area contributed by atoms with Gasteiger partial charge in [-0.05, 0) is 25.1 Å². The number of benzene rings is 1. The summed E-state index contributed by atoms with van der Waals surface area (Å²) in [5.74, 6) is 0.798. The van der Waals surface area contributed by atoms with Gasteiger partial charge >= 0.3 is 0 Å². The topological polar surface area (TPSA) is 115 Å². The molecule has 0 radical (unpaired) electrons. The normalized spacial score (nSPS) is 12.0. The molecule has 0 saturated heterocycles. The Bertz CT molecular complexity index is 1030. The molecule has 144 valence electrons. The van der Waals surface area contributed by atoms with E-state index < -0.39 is 0 Å². The second-order valence-corrected chi connectivity index (χ2v) is 8.58. The molecule has 2 amide bonds. The first-order chi connectivity index (χ1) is 13.6. The van der Waals surface area contributed by atoms with E-state index >= 15 is 0 Å². The van der Waals surface area contributed by atoms with Gasteiger partial charge in [-0.3, -0.25) is 14.9 Å². The fraction of sp³-hybridized carbons (Fsp3) is 0.188. The third-order valence-electron chi connectivity index (χ3n) is 3.45. The molecule has 3 heterocycles. The number of nitrogens with one attached hydrogen (secondary N) is 2. The molecule has 9 nitrogen and oxygen atoms in total. The molecule has 0 bridgehead atoms. The number of aromatic nitrogens is 3. The number of fused-ring (bicyclic) bond motifs is 1. The SMILES string of the molecule is Cc1csc(NC(=O)CSc2nnc(NC(=O)c3ccc4c(c3)OCO4)s2)n1. The third kappa shape index (κ3) is 4.40. The number of rotatable bonds is 6. The number of nitrogens with zero attached hydrogens (tertiary/aromatic N) is 3. The molecule has 2 N–H and O–H groups in total. The number of carbonyl (C=O) groups is 2. The van der Waals surface area contributed by atoms with Crippen molar-refractivity contribution in [2.24, 2.45) is 0 Å². The monoisotopic (exact) mass is 435 g/mol. The highest BCUT2D eigenvalue weighted by Crippen LogP contribution is 2.33. The zero-order valence-electron chi connectivity index (χ0n) is 14.4. The van der Waals surface area contributed by atoms with Gasteiger partial charge in [0.1, 0.15) is 0 Å². The highest BCUT2D eigenvalue weighted by molar-refractivity contribution is 8.01. The molecular weight excluding hydrogens is 422 g/mol. The summed E-state index contributed by atoms with van der Waals surface area (Å²) in [6.07, 6.45) is 0. The number of hydrogen-bond acceptors (Lipinski definition) is 10. The number of carbonyl (C=O) groups excluding carboxylic acids is 2. The van der Waals surface area contributed by atoms with Gasteiger partial charge in [0.25, 0.3) is 5.91 Å². The summed E-state index contributed by atoms with van der Waals surface area (Å²) in [5, 5.41) is 16.1. The van der Waals surface area contributed by atoms with Crippen molar-refractivity contribution < 1.29 is 19.1 Å². The lowest BCUT2D eigenvalue weighted by Crippen LogP contribution is -2.13. The number of thiazole rings is 1. The Kier molecular flexibility index (Phi) is 5.41. The van der Waals surface area contributed by atoms with E-state index in [1.165, 1.54) is 34.4 Å². The first kappa shape index (κ1) is 18.7.